The molecule has 2 heterocycles. The third-order valence-electron chi connectivity index (χ3n) is 4.69. The van der Waals surface area contributed by atoms with E-state index in [9.17, 15) is 4.79 Å². The molecule has 0 aromatic heterocycles. The van der Waals surface area contributed by atoms with Crippen molar-refractivity contribution in [2.75, 3.05) is 32.7 Å². The van der Waals surface area contributed by atoms with Gasteiger partial charge >= 0.3 is 6.03 Å². The molecule has 2 atom stereocenters. The number of likely N-dealkylation sites (tertiary alicyclic amines) is 2. The second-order valence-electron chi connectivity index (χ2n) is 7.77. The Hall–Kier alpha value is -0.770. The highest BCUT2D eigenvalue weighted by Crippen LogP contribution is 2.21. The van der Waals surface area contributed by atoms with Gasteiger partial charge in [-0.1, -0.05) is 27.7 Å². The monoisotopic (exact) mass is 295 g/mol. The van der Waals surface area contributed by atoms with E-state index in [1.807, 2.05) is 4.90 Å². The van der Waals surface area contributed by atoms with E-state index in [1.165, 1.54) is 13.0 Å². The maximum Gasteiger partial charge on any atom is 0.317 e. The van der Waals surface area contributed by atoms with Crippen LogP contribution in [0.3, 0.4) is 0 Å². The van der Waals surface area contributed by atoms with Crippen molar-refractivity contribution in [1.29, 1.82) is 0 Å². The number of nitrogens with zero attached hydrogens (tertiary/aromatic N) is 2. The topological polar surface area (TPSA) is 35.6 Å². The Morgan fingerprint density at radius 1 is 1.14 bits per heavy atom. The number of hydrogen-bond donors (Lipinski definition) is 1. The maximum atomic E-state index is 12.4. The summed E-state index contributed by atoms with van der Waals surface area (Å²) in [6.07, 6.45) is 3.44. The van der Waals surface area contributed by atoms with Crippen molar-refractivity contribution in [1.82, 2.24) is 15.1 Å². The van der Waals surface area contributed by atoms with Crippen molar-refractivity contribution in [2.24, 2.45) is 17.8 Å². The molecule has 2 aliphatic heterocycles. The highest BCUT2D eigenvalue weighted by atomic mass is 16.2. The highest BCUT2D eigenvalue weighted by Gasteiger charge is 2.27. The van der Waals surface area contributed by atoms with Gasteiger partial charge in [-0.25, -0.2) is 4.79 Å². The molecule has 0 saturated carbocycles. The van der Waals surface area contributed by atoms with Gasteiger partial charge in [-0.15, -0.1) is 0 Å². The zero-order valence-electron chi connectivity index (χ0n) is 14.3. The average molecular weight is 295 g/mol. The Morgan fingerprint density at radius 3 is 2.24 bits per heavy atom. The lowest BCUT2D eigenvalue weighted by molar-refractivity contribution is 0.134. The zero-order chi connectivity index (χ0) is 15.4. The summed E-state index contributed by atoms with van der Waals surface area (Å²) in [6.45, 7) is 14.3. The summed E-state index contributed by atoms with van der Waals surface area (Å²) in [7, 11) is 0. The van der Waals surface area contributed by atoms with Crippen LogP contribution in [0.25, 0.3) is 0 Å². The summed E-state index contributed by atoms with van der Waals surface area (Å²) in [5.74, 6) is 1.99. The molecule has 2 fully saturated rings. The van der Waals surface area contributed by atoms with Crippen molar-refractivity contribution >= 4 is 6.03 Å². The number of piperidine rings is 2. The molecule has 0 aromatic rings. The van der Waals surface area contributed by atoms with Crippen molar-refractivity contribution in [3.63, 3.8) is 0 Å². The van der Waals surface area contributed by atoms with E-state index in [-0.39, 0.29) is 6.03 Å². The fourth-order valence-corrected chi connectivity index (χ4v) is 3.87. The number of urea groups is 1. The quantitative estimate of drug-likeness (QED) is 0.869. The van der Waals surface area contributed by atoms with Gasteiger partial charge in [0.15, 0.2) is 0 Å². The highest BCUT2D eigenvalue weighted by molar-refractivity contribution is 5.74. The normalized spacial score (nSPS) is 28.9. The van der Waals surface area contributed by atoms with Gasteiger partial charge in [0.1, 0.15) is 0 Å². The van der Waals surface area contributed by atoms with Gasteiger partial charge in [-0.05, 0) is 37.0 Å². The summed E-state index contributed by atoms with van der Waals surface area (Å²) >= 11 is 0. The van der Waals surface area contributed by atoms with Crippen LogP contribution in [-0.4, -0.2) is 54.6 Å². The zero-order valence-corrected chi connectivity index (χ0v) is 14.3. The van der Waals surface area contributed by atoms with Crippen LogP contribution in [0.15, 0.2) is 0 Å². The Morgan fingerprint density at radius 2 is 1.71 bits per heavy atom. The first-order valence-electron chi connectivity index (χ1n) is 8.71. The van der Waals surface area contributed by atoms with Crippen LogP contribution >= 0.6 is 0 Å². The van der Waals surface area contributed by atoms with Crippen LogP contribution in [0.5, 0.6) is 0 Å². The summed E-state index contributed by atoms with van der Waals surface area (Å²) in [5, 5.41) is 3.26. The molecule has 2 rings (SSSR count). The van der Waals surface area contributed by atoms with Crippen LogP contribution in [0.1, 0.15) is 47.0 Å². The number of rotatable bonds is 3. The summed E-state index contributed by atoms with van der Waals surface area (Å²) in [6, 6.07) is 0.532. The lowest BCUT2D eigenvalue weighted by Crippen LogP contribution is -2.52. The van der Waals surface area contributed by atoms with E-state index in [0.29, 0.717) is 17.9 Å². The van der Waals surface area contributed by atoms with Crippen molar-refractivity contribution < 1.29 is 4.79 Å². The Bertz CT molecular complexity index is 327. The minimum Gasteiger partial charge on any atom is -0.335 e. The Labute approximate surface area is 130 Å². The van der Waals surface area contributed by atoms with E-state index in [4.69, 9.17) is 0 Å². The molecule has 2 aliphatic rings. The minimum absolute atomic E-state index is 0.163. The molecular weight excluding hydrogens is 262 g/mol. The van der Waals surface area contributed by atoms with Gasteiger partial charge in [0.2, 0.25) is 0 Å². The van der Waals surface area contributed by atoms with E-state index >= 15 is 0 Å². The molecule has 21 heavy (non-hydrogen) atoms. The summed E-state index contributed by atoms with van der Waals surface area (Å²) in [5.41, 5.74) is 0. The third-order valence-corrected chi connectivity index (χ3v) is 4.69. The van der Waals surface area contributed by atoms with E-state index in [2.05, 4.69) is 37.9 Å². The predicted octanol–water partition coefficient (Wildman–Crippen LogP) is 2.79. The lowest BCUT2D eigenvalue weighted by atomic mass is 9.92. The first-order chi connectivity index (χ1) is 9.94. The molecule has 2 saturated heterocycles. The summed E-state index contributed by atoms with van der Waals surface area (Å²) < 4.78 is 0. The van der Waals surface area contributed by atoms with Gasteiger partial charge in [0.05, 0.1) is 0 Å². The molecule has 4 nitrogen and oxygen atoms in total. The van der Waals surface area contributed by atoms with Gasteiger partial charge in [0, 0.05) is 38.8 Å². The van der Waals surface area contributed by atoms with Crippen LogP contribution in [0.2, 0.25) is 0 Å². The third kappa shape index (κ3) is 5.17. The van der Waals surface area contributed by atoms with Gasteiger partial charge in [-0.3, -0.25) is 0 Å². The van der Waals surface area contributed by atoms with Gasteiger partial charge in [0.25, 0.3) is 0 Å². The van der Waals surface area contributed by atoms with Gasteiger partial charge < -0.3 is 15.1 Å². The number of carbonyl (C=O) groups excluding carboxylic acids is 1. The van der Waals surface area contributed by atoms with Crippen LogP contribution in [-0.2, 0) is 0 Å². The molecule has 2 amide bonds. The molecule has 0 radical (unpaired) electrons. The second-order valence-corrected chi connectivity index (χ2v) is 7.77. The largest absolute Gasteiger partial charge is 0.335 e. The Balaban J connectivity index is 1.74. The van der Waals surface area contributed by atoms with Crippen LogP contribution < -0.4 is 5.32 Å². The molecule has 0 unspecified atom stereocenters. The van der Waals surface area contributed by atoms with E-state index < -0.39 is 0 Å². The first kappa shape index (κ1) is 16.6. The smallest absolute Gasteiger partial charge is 0.317 e. The predicted molar refractivity (Wildman–Crippen MR) is 87.3 cm³/mol. The second kappa shape index (κ2) is 7.48. The van der Waals surface area contributed by atoms with Crippen LogP contribution in [0.4, 0.5) is 4.79 Å². The number of carbonyl (C=O) groups is 1. The Kier molecular flexibility index (Phi) is 5.91. The standard InChI is InChI=1S/C17H33N3O/c1-13(2)10-19-7-5-16(6-8-19)18-17(21)20-11-14(3)9-15(4)12-20/h13-16H,5-12H2,1-4H3,(H,18,21)/t14-,15-/m0/s1. The summed E-state index contributed by atoms with van der Waals surface area (Å²) in [4.78, 5) is 17.0. The fourth-order valence-electron chi connectivity index (χ4n) is 3.87. The first-order valence-corrected chi connectivity index (χ1v) is 8.71. The maximum absolute atomic E-state index is 12.4. The van der Waals surface area contributed by atoms with Crippen molar-refractivity contribution in [3.05, 3.63) is 0 Å². The number of nitrogens with one attached hydrogen (secondary N) is 1. The molecule has 0 aromatic carbocycles. The fraction of sp³-hybridized carbons (Fsp3) is 0.941. The van der Waals surface area contributed by atoms with Crippen molar-refractivity contribution in [2.45, 2.75) is 53.0 Å². The molecule has 4 heteroatoms. The molecule has 0 bridgehead atoms. The lowest BCUT2D eigenvalue weighted by Gasteiger charge is -2.38. The molecule has 1 N–H and O–H groups in total. The molecule has 122 valence electrons. The van der Waals surface area contributed by atoms with Gasteiger partial charge in [-0.2, -0.15) is 0 Å². The number of amides is 2. The molecule has 0 spiro atoms. The van der Waals surface area contributed by atoms with E-state index in [0.717, 1.165) is 44.9 Å². The average Bonchev–Trinajstić information content (AvgIpc) is 2.39. The van der Waals surface area contributed by atoms with Crippen LogP contribution in [0, 0.1) is 17.8 Å². The van der Waals surface area contributed by atoms with E-state index in [1.54, 1.807) is 0 Å². The molecular formula is C17H33N3O. The minimum atomic E-state index is 0.163. The number of hydrogen-bond acceptors (Lipinski definition) is 2. The SMILES string of the molecule is CC(C)CN1CCC(NC(=O)N2C[C@@H](C)C[C@H](C)C2)CC1. The molecule has 0 aliphatic carbocycles. The van der Waals surface area contributed by atoms with Crippen molar-refractivity contribution in [3.8, 4) is 0 Å².